The molecule has 3 N–H and O–H groups in total. The van der Waals surface area contributed by atoms with Crippen LogP contribution in [0.3, 0.4) is 0 Å². The third-order valence-corrected chi connectivity index (χ3v) is 3.18. The van der Waals surface area contributed by atoms with Crippen LogP contribution in [0.4, 0.5) is 0 Å². The van der Waals surface area contributed by atoms with Crippen LogP contribution in [-0.4, -0.2) is 54.6 Å². The predicted molar refractivity (Wildman–Crippen MR) is 87.2 cm³/mol. The van der Waals surface area contributed by atoms with E-state index in [0.29, 0.717) is 0 Å². The van der Waals surface area contributed by atoms with Crippen LogP contribution in [0.25, 0.3) is 0 Å². The molecule has 0 heterocycles. The Hall–Kier alpha value is -0.0951. The quantitative estimate of drug-likeness (QED) is 0.311. The first kappa shape index (κ1) is 22.2. The summed E-state index contributed by atoms with van der Waals surface area (Å²) in [6.45, 7) is 3.62. The van der Waals surface area contributed by atoms with E-state index in [4.69, 9.17) is 15.1 Å². The molecule has 4 nitrogen and oxygen atoms in total. The molecule has 0 atom stereocenters. The Balaban J connectivity index is 0. The second-order valence-corrected chi connectivity index (χ2v) is 6.54. The molecular weight excluding hydrogens is 253 g/mol. The first-order chi connectivity index (χ1) is 9.29. The molecule has 0 fully saturated rings. The van der Waals surface area contributed by atoms with Crippen LogP contribution >= 0.6 is 0 Å². The third kappa shape index (κ3) is 30.7. The van der Waals surface area contributed by atoms with Gasteiger partial charge in [-0.25, -0.2) is 0 Å². The lowest BCUT2D eigenvalue weighted by atomic mass is 10.1. The minimum absolute atomic E-state index is 1.12. The number of rotatable bonds is 11. The van der Waals surface area contributed by atoms with Crippen molar-refractivity contribution in [3.05, 3.63) is 0 Å². The van der Waals surface area contributed by atoms with Crippen LogP contribution in [0.1, 0.15) is 71.1 Å². The summed E-state index contributed by atoms with van der Waals surface area (Å²) >= 11 is 0. The summed E-state index contributed by atoms with van der Waals surface area (Å²) in [5.74, 6) is 0. The fraction of sp³-hybridized carbons (Fsp3) is 1.00. The van der Waals surface area contributed by atoms with Gasteiger partial charge >= 0.3 is 7.32 Å². The summed E-state index contributed by atoms with van der Waals surface area (Å²) in [6.07, 6.45) is 14.4. The van der Waals surface area contributed by atoms with Crippen LogP contribution in [0.2, 0.25) is 0 Å². The van der Waals surface area contributed by atoms with Crippen molar-refractivity contribution in [1.29, 1.82) is 0 Å². The Morgan fingerprint density at radius 1 is 0.650 bits per heavy atom. The van der Waals surface area contributed by atoms with Crippen molar-refractivity contribution >= 4 is 7.32 Å². The summed E-state index contributed by atoms with van der Waals surface area (Å²) in [5, 5.41) is 21.5. The molecule has 0 aromatic heterocycles. The van der Waals surface area contributed by atoms with E-state index in [0.717, 1.165) is 4.48 Å². The Morgan fingerprint density at radius 2 is 0.950 bits per heavy atom. The number of quaternary nitrogens is 1. The average Bonchev–Trinajstić information content (AvgIpc) is 2.29. The molecule has 0 spiro atoms. The van der Waals surface area contributed by atoms with Crippen LogP contribution in [-0.2, 0) is 0 Å². The molecule has 0 saturated heterocycles. The molecule has 0 aliphatic rings. The number of hydrogen-bond donors (Lipinski definition) is 3. The van der Waals surface area contributed by atoms with Crippen molar-refractivity contribution in [2.24, 2.45) is 0 Å². The van der Waals surface area contributed by atoms with Gasteiger partial charge in [-0.1, -0.05) is 58.3 Å². The van der Waals surface area contributed by atoms with Crippen LogP contribution in [0.5, 0.6) is 0 Å². The summed E-state index contributed by atoms with van der Waals surface area (Å²) in [4.78, 5) is 0. The Labute approximate surface area is 126 Å². The second-order valence-electron chi connectivity index (χ2n) is 6.54. The van der Waals surface area contributed by atoms with Gasteiger partial charge in [-0.05, 0) is 12.8 Å². The van der Waals surface area contributed by atoms with Gasteiger partial charge in [0.25, 0.3) is 0 Å². The van der Waals surface area contributed by atoms with E-state index in [-0.39, 0.29) is 0 Å². The molecule has 0 rings (SSSR count). The standard InChI is InChI=1S/C15H34N.BH3O3/c1-5-6-7-8-9-10-11-12-13-14-15-16(2,3)4;2-1(3)4/h5-15H2,1-4H3;2-4H/q+1;. The molecule has 0 aliphatic carbocycles. The largest absolute Gasteiger partial charge is 0.631 e. The molecule has 122 valence electrons. The maximum atomic E-state index is 7.17. The third-order valence-electron chi connectivity index (χ3n) is 3.18. The zero-order valence-corrected chi connectivity index (χ0v) is 14.1. The van der Waals surface area contributed by atoms with E-state index in [9.17, 15) is 0 Å². The van der Waals surface area contributed by atoms with Crippen molar-refractivity contribution in [2.75, 3.05) is 27.7 Å². The van der Waals surface area contributed by atoms with Crippen LogP contribution in [0.15, 0.2) is 0 Å². The van der Waals surface area contributed by atoms with Gasteiger partial charge in [0.2, 0.25) is 0 Å². The van der Waals surface area contributed by atoms with Crippen LogP contribution < -0.4 is 0 Å². The first-order valence-corrected chi connectivity index (χ1v) is 8.14. The average molecular weight is 290 g/mol. The predicted octanol–water partition coefficient (Wildman–Crippen LogP) is 2.56. The normalized spacial score (nSPS) is 10.9. The number of nitrogens with zero attached hydrogens (tertiary/aromatic N) is 1. The Bertz CT molecular complexity index is 182. The summed E-state index contributed by atoms with van der Waals surface area (Å²) in [6, 6.07) is 0. The minimum Gasteiger partial charge on any atom is -0.402 e. The van der Waals surface area contributed by atoms with Crippen molar-refractivity contribution in [3.8, 4) is 0 Å². The van der Waals surface area contributed by atoms with Crippen LogP contribution in [0, 0.1) is 0 Å². The highest BCUT2D eigenvalue weighted by Crippen LogP contribution is 2.10. The number of unbranched alkanes of at least 4 members (excludes halogenated alkanes) is 9. The van der Waals surface area contributed by atoms with Gasteiger partial charge in [-0.2, -0.15) is 0 Å². The van der Waals surface area contributed by atoms with Gasteiger partial charge in [0, 0.05) is 0 Å². The maximum absolute atomic E-state index is 7.17. The van der Waals surface area contributed by atoms with Gasteiger partial charge in [-0.15, -0.1) is 0 Å². The SMILES string of the molecule is CCCCCCCCCCCC[N+](C)(C)C.OB(O)O. The second kappa shape index (κ2) is 15.3. The minimum atomic E-state index is -2.17. The zero-order chi connectivity index (χ0) is 15.9. The lowest BCUT2D eigenvalue weighted by Gasteiger charge is -2.23. The van der Waals surface area contributed by atoms with Gasteiger partial charge in [0.1, 0.15) is 0 Å². The first-order valence-electron chi connectivity index (χ1n) is 8.14. The smallest absolute Gasteiger partial charge is 0.402 e. The highest BCUT2D eigenvalue weighted by atomic mass is 16.5. The molecule has 0 unspecified atom stereocenters. The van der Waals surface area contributed by atoms with Gasteiger partial charge in [0.05, 0.1) is 27.7 Å². The molecule has 0 aliphatic heterocycles. The molecule has 0 amide bonds. The van der Waals surface area contributed by atoms with E-state index in [1.807, 2.05) is 0 Å². The fourth-order valence-corrected chi connectivity index (χ4v) is 2.07. The number of hydrogen-bond acceptors (Lipinski definition) is 3. The topological polar surface area (TPSA) is 60.7 Å². The molecule has 0 bridgehead atoms. The molecule has 0 radical (unpaired) electrons. The van der Waals surface area contributed by atoms with E-state index >= 15 is 0 Å². The zero-order valence-electron chi connectivity index (χ0n) is 14.1. The van der Waals surface area contributed by atoms with Crippen molar-refractivity contribution < 1.29 is 19.6 Å². The maximum Gasteiger partial charge on any atom is 0.631 e. The van der Waals surface area contributed by atoms with E-state index < -0.39 is 7.32 Å². The lowest BCUT2D eigenvalue weighted by molar-refractivity contribution is -0.870. The molecule has 0 aromatic carbocycles. The summed E-state index contributed by atoms with van der Waals surface area (Å²) in [5.41, 5.74) is 0. The molecule has 0 aromatic rings. The lowest BCUT2D eigenvalue weighted by Crippen LogP contribution is -2.35. The van der Waals surface area contributed by atoms with Crippen molar-refractivity contribution in [2.45, 2.75) is 71.1 Å². The molecule has 0 saturated carbocycles. The van der Waals surface area contributed by atoms with Gasteiger partial charge < -0.3 is 19.6 Å². The summed E-state index contributed by atoms with van der Waals surface area (Å²) in [7, 11) is 4.69. The monoisotopic (exact) mass is 290 g/mol. The molecule has 20 heavy (non-hydrogen) atoms. The van der Waals surface area contributed by atoms with Gasteiger partial charge in [0.15, 0.2) is 0 Å². The van der Waals surface area contributed by atoms with Gasteiger partial charge in [-0.3, -0.25) is 0 Å². The molecule has 5 heteroatoms. The van der Waals surface area contributed by atoms with E-state index in [2.05, 4.69) is 28.1 Å². The van der Waals surface area contributed by atoms with Crippen molar-refractivity contribution in [1.82, 2.24) is 0 Å². The highest BCUT2D eigenvalue weighted by molar-refractivity contribution is 6.30. The van der Waals surface area contributed by atoms with Crippen molar-refractivity contribution in [3.63, 3.8) is 0 Å². The highest BCUT2D eigenvalue weighted by Gasteiger charge is 2.04. The summed E-state index contributed by atoms with van der Waals surface area (Å²) < 4.78 is 1.12. The Kier molecular flexibility index (Phi) is 17.0. The molecular formula is C15H37BNO3+. The fourth-order valence-electron chi connectivity index (χ4n) is 2.07. The van der Waals surface area contributed by atoms with E-state index in [1.165, 1.54) is 70.8 Å². The van der Waals surface area contributed by atoms with E-state index in [1.54, 1.807) is 0 Å². The Morgan fingerprint density at radius 3 is 1.25 bits per heavy atom.